The van der Waals surface area contributed by atoms with Gasteiger partial charge in [0.15, 0.2) is 0 Å². The zero-order valence-corrected chi connectivity index (χ0v) is 7.35. The molecule has 0 aromatic carbocycles. The van der Waals surface area contributed by atoms with E-state index in [-0.39, 0.29) is 0 Å². The van der Waals surface area contributed by atoms with Gasteiger partial charge in [0.25, 0.3) is 0 Å². The summed E-state index contributed by atoms with van der Waals surface area (Å²) in [4.78, 5) is 10.8. The molecule has 0 saturated carbocycles. The molecule has 0 amide bonds. The highest BCUT2D eigenvalue weighted by atomic mass is 15.3. The number of fused-ring (bicyclic) bond motifs is 2. The van der Waals surface area contributed by atoms with Gasteiger partial charge >= 0.3 is 0 Å². The van der Waals surface area contributed by atoms with Crippen molar-refractivity contribution in [2.24, 2.45) is 0 Å². The minimum Gasteiger partial charge on any atom is -0.349 e. The van der Waals surface area contributed by atoms with Crippen LogP contribution in [0.25, 0.3) is 0 Å². The van der Waals surface area contributed by atoms with Gasteiger partial charge in [-0.15, -0.1) is 0 Å². The molecule has 1 aromatic rings. The average Bonchev–Trinajstić information content (AvgIpc) is 2.80. The van der Waals surface area contributed by atoms with Crippen molar-refractivity contribution in [3.8, 4) is 0 Å². The molecule has 13 heavy (non-hydrogen) atoms. The lowest BCUT2D eigenvalue weighted by molar-refractivity contribution is 0.576. The second-order valence-corrected chi connectivity index (χ2v) is 3.71. The molecule has 3 heterocycles. The first-order chi connectivity index (χ1) is 6.43. The maximum atomic E-state index is 4.32. The van der Waals surface area contributed by atoms with E-state index in [1.54, 1.807) is 12.4 Å². The van der Waals surface area contributed by atoms with Crippen molar-refractivity contribution < 1.29 is 0 Å². The van der Waals surface area contributed by atoms with Gasteiger partial charge in [-0.1, -0.05) is 0 Å². The number of aromatic nitrogens is 2. The van der Waals surface area contributed by atoms with Crippen LogP contribution in [0.1, 0.15) is 6.42 Å². The normalized spacial score (nSPS) is 31.2. The molecule has 4 nitrogen and oxygen atoms in total. The first kappa shape index (κ1) is 7.26. The number of hydrogen-bond donors (Lipinski definition) is 1. The summed E-state index contributed by atoms with van der Waals surface area (Å²) < 4.78 is 0. The van der Waals surface area contributed by atoms with Gasteiger partial charge in [0.2, 0.25) is 0 Å². The van der Waals surface area contributed by atoms with Crippen LogP contribution in [0, 0.1) is 0 Å². The minimum absolute atomic E-state index is 0.640. The number of piperazine rings is 1. The van der Waals surface area contributed by atoms with Crippen molar-refractivity contribution in [1.29, 1.82) is 0 Å². The lowest BCUT2D eigenvalue weighted by Gasteiger charge is -2.27. The molecule has 0 aliphatic carbocycles. The fourth-order valence-corrected chi connectivity index (χ4v) is 2.28. The van der Waals surface area contributed by atoms with E-state index in [1.165, 1.54) is 6.42 Å². The van der Waals surface area contributed by atoms with E-state index >= 15 is 0 Å². The molecule has 1 aromatic heterocycles. The van der Waals surface area contributed by atoms with Crippen LogP contribution in [0.3, 0.4) is 0 Å². The third-order valence-electron chi connectivity index (χ3n) is 2.90. The van der Waals surface area contributed by atoms with E-state index in [2.05, 4.69) is 20.2 Å². The molecule has 1 N–H and O–H groups in total. The summed E-state index contributed by atoms with van der Waals surface area (Å²) in [6, 6.07) is 1.31. The molecule has 0 spiro atoms. The summed E-state index contributed by atoms with van der Waals surface area (Å²) in [5, 5.41) is 3.47. The number of anilines is 1. The largest absolute Gasteiger partial charge is 0.349 e. The van der Waals surface area contributed by atoms with Gasteiger partial charge in [-0.05, 0) is 6.42 Å². The van der Waals surface area contributed by atoms with E-state index in [0.29, 0.717) is 12.1 Å². The molecule has 3 rings (SSSR count). The third kappa shape index (κ3) is 1.09. The molecule has 1 unspecified atom stereocenters. The second-order valence-electron chi connectivity index (χ2n) is 3.71. The molecular formula is C9H12N4. The fraction of sp³-hybridized carbons (Fsp3) is 0.556. The molecule has 68 valence electrons. The number of nitrogens with one attached hydrogen (secondary N) is 1. The van der Waals surface area contributed by atoms with E-state index in [1.807, 2.05) is 6.20 Å². The summed E-state index contributed by atoms with van der Waals surface area (Å²) in [7, 11) is 0. The molecule has 0 radical (unpaired) electrons. The Kier molecular flexibility index (Phi) is 1.49. The van der Waals surface area contributed by atoms with Crippen LogP contribution in [-0.4, -0.2) is 35.1 Å². The van der Waals surface area contributed by atoms with Crippen molar-refractivity contribution in [3.05, 3.63) is 18.6 Å². The van der Waals surface area contributed by atoms with E-state index in [0.717, 1.165) is 18.9 Å². The first-order valence-corrected chi connectivity index (χ1v) is 4.69. The van der Waals surface area contributed by atoms with Gasteiger partial charge in [0.05, 0.1) is 6.20 Å². The summed E-state index contributed by atoms with van der Waals surface area (Å²) >= 11 is 0. The Morgan fingerprint density at radius 3 is 3.08 bits per heavy atom. The monoisotopic (exact) mass is 176 g/mol. The molecule has 2 fully saturated rings. The van der Waals surface area contributed by atoms with Crippen LogP contribution in [0.5, 0.6) is 0 Å². The first-order valence-electron chi connectivity index (χ1n) is 4.69. The van der Waals surface area contributed by atoms with Gasteiger partial charge in [-0.2, -0.15) is 0 Å². The highest BCUT2D eigenvalue weighted by molar-refractivity contribution is 5.40. The number of rotatable bonds is 1. The summed E-state index contributed by atoms with van der Waals surface area (Å²) in [5.74, 6) is 1.02. The standard InChI is InChI=1S/C9H12N4/c1-2-11-9(5-10-1)13-6-7-3-8(13)4-12-7/h1-2,5,7-8,12H,3-4,6H2/t7?,8-/m1/s1. The van der Waals surface area contributed by atoms with Gasteiger partial charge in [-0.3, -0.25) is 4.98 Å². The topological polar surface area (TPSA) is 41.1 Å². The Morgan fingerprint density at radius 1 is 1.46 bits per heavy atom. The van der Waals surface area contributed by atoms with Crippen LogP contribution in [0.15, 0.2) is 18.6 Å². The molecule has 2 atom stereocenters. The average molecular weight is 176 g/mol. The van der Waals surface area contributed by atoms with Gasteiger partial charge in [-0.25, -0.2) is 4.98 Å². The maximum Gasteiger partial charge on any atom is 0.147 e. The minimum atomic E-state index is 0.640. The van der Waals surface area contributed by atoms with Crippen LogP contribution in [-0.2, 0) is 0 Å². The van der Waals surface area contributed by atoms with Crippen molar-refractivity contribution >= 4 is 5.82 Å². The van der Waals surface area contributed by atoms with Crippen molar-refractivity contribution in [2.75, 3.05) is 18.0 Å². The Hall–Kier alpha value is -1.16. The van der Waals surface area contributed by atoms with Crippen LogP contribution < -0.4 is 10.2 Å². The van der Waals surface area contributed by atoms with Crippen LogP contribution in [0.2, 0.25) is 0 Å². The lowest BCUT2D eigenvalue weighted by atomic mass is 10.2. The van der Waals surface area contributed by atoms with Crippen molar-refractivity contribution in [2.45, 2.75) is 18.5 Å². The number of nitrogens with zero attached hydrogens (tertiary/aromatic N) is 3. The highest BCUT2D eigenvalue weighted by Gasteiger charge is 2.38. The molecular weight excluding hydrogens is 164 g/mol. The van der Waals surface area contributed by atoms with E-state index < -0.39 is 0 Å². The van der Waals surface area contributed by atoms with E-state index in [9.17, 15) is 0 Å². The Morgan fingerprint density at radius 2 is 2.46 bits per heavy atom. The zero-order valence-electron chi connectivity index (χ0n) is 7.35. The quantitative estimate of drug-likeness (QED) is 0.655. The lowest BCUT2D eigenvalue weighted by Crippen LogP contribution is -2.44. The summed E-state index contributed by atoms with van der Waals surface area (Å²) in [6.45, 7) is 2.19. The smallest absolute Gasteiger partial charge is 0.147 e. The molecule has 2 saturated heterocycles. The van der Waals surface area contributed by atoms with Crippen molar-refractivity contribution in [3.63, 3.8) is 0 Å². The second kappa shape index (κ2) is 2.67. The van der Waals surface area contributed by atoms with Gasteiger partial charge < -0.3 is 10.2 Å². The molecule has 2 aliphatic heterocycles. The van der Waals surface area contributed by atoms with Crippen LogP contribution in [0.4, 0.5) is 5.82 Å². The van der Waals surface area contributed by atoms with Gasteiger partial charge in [0, 0.05) is 37.6 Å². The van der Waals surface area contributed by atoms with Crippen LogP contribution >= 0.6 is 0 Å². The summed E-state index contributed by atoms with van der Waals surface area (Å²) in [5.41, 5.74) is 0. The van der Waals surface area contributed by atoms with Crippen molar-refractivity contribution in [1.82, 2.24) is 15.3 Å². The predicted octanol–water partition coefficient (Wildman–Crippen LogP) is 0.0271. The Bertz CT molecular complexity index is 300. The molecule has 4 heteroatoms. The molecule has 2 bridgehead atoms. The zero-order chi connectivity index (χ0) is 8.67. The summed E-state index contributed by atoms with van der Waals surface area (Å²) in [6.07, 6.45) is 6.59. The fourth-order valence-electron chi connectivity index (χ4n) is 2.28. The SMILES string of the molecule is c1cnc(N2CC3C[C@@H]2CN3)cn1. The van der Waals surface area contributed by atoms with E-state index in [4.69, 9.17) is 0 Å². The number of hydrogen-bond acceptors (Lipinski definition) is 4. The maximum absolute atomic E-state index is 4.32. The Balaban J connectivity index is 1.87. The highest BCUT2D eigenvalue weighted by Crippen LogP contribution is 2.26. The molecule has 2 aliphatic rings. The van der Waals surface area contributed by atoms with Gasteiger partial charge in [0.1, 0.15) is 5.82 Å². The third-order valence-corrected chi connectivity index (χ3v) is 2.90. The Labute approximate surface area is 77.0 Å². The predicted molar refractivity (Wildman–Crippen MR) is 49.6 cm³/mol.